The van der Waals surface area contributed by atoms with Gasteiger partial charge in [0, 0.05) is 5.56 Å². The number of para-hydroxylation sites is 2. The summed E-state index contributed by atoms with van der Waals surface area (Å²) in [6.07, 6.45) is 0. The van der Waals surface area contributed by atoms with E-state index in [-0.39, 0.29) is 31.8 Å². The zero-order chi connectivity index (χ0) is 20.3. The zero-order valence-corrected chi connectivity index (χ0v) is 17.0. The maximum absolute atomic E-state index is 12.6. The first kappa shape index (κ1) is 20.4. The van der Waals surface area contributed by atoms with Crippen molar-refractivity contribution in [1.82, 2.24) is 4.98 Å². The number of nitrogens with one attached hydrogen (secondary N) is 2. The van der Waals surface area contributed by atoms with E-state index in [2.05, 4.69) is 15.6 Å². The number of amides is 2. The van der Waals surface area contributed by atoms with Gasteiger partial charge in [0.05, 0.1) is 26.4 Å². The van der Waals surface area contributed by atoms with Gasteiger partial charge in [-0.25, -0.2) is 4.98 Å². The quantitative estimate of drug-likeness (QED) is 0.461. The SMILES string of the molecule is O=C(Nc1ccccc1NC(=O)c1nc(Cl)c(Cl)c(Cl)c1Cl)c1ccccc1. The highest BCUT2D eigenvalue weighted by Gasteiger charge is 2.21. The first-order valence-corrected chi connectivity index (χ1v) is 9.36. The molecule has 0 aliphatic carbocycles. The van der Waals surface area contributed by atoms with Gasteiger partial charge < -0.3 is 10.6 Å². The Hall–Kier alpha value is -2.31. The van der Waals surface area contributed by atoms with E-state index in [9.17, 15) is 9.59 Å². The molecule has 0 fully saturated rings. The van der Waals surface area contributed by atoms with Crippen LogP contribution in [0.15, 0.2) is 54.6 Å². The first-order valence-electron chi connectivity index (χ1n) is 7.85. The number of nitrogens with zero attached hydrogens (tertiary/aromatic N) is 1. The Balaban J connectivity index is 1.86. The fraction of sp³-hybridized carbons (Fsp3) is 0. The third kappa shape index (κ3) is 4.39. The Kier molecular flexibility index (Phi) is 6.42. The van der Waals surface area contributed by atoms with Gasteiger partial charge in [-0.2, -0.15) is 0 Å². The number of benzene rings is 2. The van der Waals surface area contributed by atoms with E-state index in [4.69, 9.17) is 46.4 Å². The lowest BCUT2D eigenvalue weighted by atomic mass is 10.2. The van der Waals surface area contributed by atoms with Crippen LogP contribution in [0.5, 0.6) is 0 Å². The second-order valence-corrected chi connectivity index (χ2v) is 7.00. The first-order chi connectivity index (χ1) is 13.4. The van der Waals surface area contributed by atoms with Gasteiger partial charge in [-0.3, -0.25) is 9.59 Å². The van der Waals surface area contributed by atoms with E-state index >= 15 is 0 Å². The number of rotatable bonds is 4. The molecule has 2 N–H and O–H groups in total. The van der Waals surface area contributed by atoms with Crippen molar-refractivity contribution in [3.05, 3.63) is 86.1 Å². The molecule has 142 valence electrons. The summed E-state index contributed by atoms with van der Waals surface area (Å²) in [7, 11) is 0. The molecule has 3 rings (SSSR count). The topological polar surface area (TPSA) is 71.1 Å². The Labute approximate surface area is 180 Å². The summed E-state index contributed by atoms with van der Waals surface area (Å²) in [5.74, 6) is -0.983. The molecule has 5 nitrogen and oxygen atoms in total. The number of hydrogen-bond acceptors (Lipinski definition) is 3. The minimum atomic E-state index is -0.660. The molecular weight excluding hydrogens is 444 g/mol. The molecule has 2 aromatic carbocycles. The average Bonchev–Trinajstić information content (AvgIpc) is 2.71. The van der Waals surface area contributed by atoms with Gasteiger partial charge in [0.1, 0.15) is 10.8 Å². The van der Waals surface area contributed by atoms with Gasteiger partial charge in [-0.05, 0) is 24.3 Å². The highest BCUT2D eigenvalue weighted by atomic mass is 35.5. The summed E-state index contributed by atoms with van der Waals surface area (Å²) in [5.41, 5.74) is 1.03. The lowest BCUT2D eigenvalue weighted by Crippen LogP contribution is -2.18. The van der Waals surface area contributed by atoms with Crippen LogP contribution in [-0.4, -0.2) is 16.8 Å². The Morgan fingerprint density at radius 2 is 1.21 bits per heavy atom. The molecule has 0 unspecified atom stereocenters. The molecule has 0 spiro atoms. The Morgan fingerprint density at radius 3 is 1.82 bits per heavy atom. The molecule has 0 bridgehead atoms. The summed E-state index contributed by atoms with van der Waals surface area (Å²) in [5, 5.41) is 5.00. The molecule has 0 aliphatic heterocycles. The maximum atomic E-state index is 12.6. The lowest BCUT2D eigenvalue weighted by Gasteiger charge is -2.13. The number of carbonyl (C=O) groups excluding carboxylic acids is 2. The average molecular weight is 455 g/mol. The van der Waals surface area contributed by atoms with Gasteiger partial charge in [-0.1, -0.05) is 76.7 Å². The molecule has 1 aromatic heterocycles. The zero-order valence-electron chi connectivity index (χ0n) is 14.0. The second kappa shape index (κ2) is 8.80. The summed E-state index contributed by atoms with van der Waals surface area (Å²) in [4.78, 5) is 28.9. The third-order valence-corrected chi connectivity index (χ3v) is 5.34. The number of hydrogen-bond donors (Lipinski definition) is 2. The number of carbonyl (C=O) groups is 2. The summed E-state index contributed by atoms with van der Waals surface area (Å²) < 4.78 is 0. The number of anilines is 2. The van der Waals surface area contributed by atoms with E-state index in [0.717, 1.165) is 0 Å². The number of halogens is 4. The smallest absolute Gasteiger partial charge is 0.275 e. The molecule has 0 radical (unpaired) electrons. The van der Waals surface area contributed by atoms with Crippen LogP contribution in [0, 0.1) is 0 Å². The summed E-state index contributed by atoms with van der Waals surface area (Å²) in [6.45, 7) is 0. The van der Waals surface area contributed by atoms with Gasteiger partial charge in [0.25, 0.3) is 11.8 Å². The molecule has 2 amide bonds. The largest absolute Gasteiger partial charge is 0.320 e. The molecule has 28 heavy (non-hydrogen) atoms. The highest BCUT2D eigenvalue weighted by Crippen LogP contribution is 2.36. The monoisotopic (exact) mass is 453 g/mol. The van der Waals surface area contributed by atoms with Crippen LogP contribution in [0.2, 0.25) is 20.2 Å². The van der Waals surface area contributed by atoms with E-state index in [0.29, 0.717) is 16.9 Å². The van der Waals surface area contributed by atoms with Crippen molar-refractivity contribution in [2.24, 2.45) is 0 Å². The van der Waals surface area contributed by atoms with Crippen LogP contribution >= 0.6 is 46.4 Å². The normalized spacial score (nSPS) is 10.4. The van der Waals surface area contributed by atoms with Gasteiger partial charge in [-0.15, -0.1) is 0 Å². The van der Waals surface area contributed by atoms with Crippen LogP contribution in [0.25, 0.3) is 0 Å². The predicted molar refractivity (Wildman–Crippen MR) is 113 cm³/mol. The summed E-state index contributed by atoms with van der Waals surface area (Å²) >= 11 is 23.8. The molecular formula is C19H11Cl4N3O2. The number of aromatic nitrogens is 1. The van der Waals surface area contributed by atoms with E-state index < -0.39 is 5.91 Å². The van der Waals surface area contributed by atoms with Crippen molar-refractivity contribution in [3.8, 4) is 0 Å². The maximum Gasteiger partial charge on any atom is 0.275 e. The van der Waals surface area contributed by atoms with Gasteiger partial charge >= 0.3 is 0 Å². The van der Waals surface area contributed by atoms with Crippen LogP contribution in [0.1, 0.15) is 20.8 Å². The fourth-order valence-electron chi connectivity index (χ4n) is 2.30. The van der Waals surface area contributed by atoms with Crippen LogP contribution in [0.3, 0.4) is 0 Å². The van der Waals surface area contributed by atoms with Crippen LogP contribution in [-0.2, 0) is 0 Å². The van der Waals surface area contributed by atoms with Crippen LogP contribution < -0.4 is 10.6 Å². The van der Waals surface area contributed by atoms with Crippen molar-refractivity contribution in [3.63, 3.8) is 0 Å². The van der Waals surface area contributed by atoms with Crippen molar-refractivity contribution < 1.29 is 9.59 Å². The lowest BCUT2D eigenvalue weighted by molar-refractivity contribution is 0.101. The van der Waals surface area contributed by atoms with Gasteiger partial charge in [0.15, 0.2) is 0 Å². The Bertz CT molecular complexity index is 1060. The van der Waals surface area contributed by atoms with Crippen LogP contribution in [0.4, 0.5) is 11.4 Å². The van der Waals surface area contributed by atoms with E-state index in [1.165, 1.54) is 0 Å². The minimum Gasteiger partial charge on any atom is -0.320 e. The van der Waals surface area contributed by atoms with E-state index in [1.54, 1.807) is 48.5 Å². The molecule has 1 heterocycles. The minimum absolute atomic E-state index is 0.0413. The second-order valence-electron chi connectivity index (χ2n) is 5.51. The molecule has 0 saturated carbocycles. The van der Waals surface area contributed by atoms with Crippen molar-refractivity contribution in [1.29, 1.82) is 0 Å². The summed E-state index contributed by atoms with van der Waals surface area (Å²) in [6, 6.07) is 15.4. The Morgan fingerprint density at radius 1 is 0.679 bits per heavy atom. The fourth-order valence-corrected chi connectivity index (χ4v) is 3.12. The predicted octanol–water partition coefficient (Wildman–Crippen LogP) is 6.20. The standard InChI is InChI=1S/C19H11Cl4N3O2/c20-13-14(21)16(26-17(23)15(13)22)19(28)25-12-9-5-4-8-11(12)24-18(27)10-6-2-1-3-7-10/h1-9H,(H,24,27)(H,25,28). The molecule has 0 atom stereocenters. The molecule has 3 aromatic rings. The van der Waals surface area contributed by atoms with Crippen molar-refractivity contribution in [2.45, 2.75) is 0 Å². The third-order valence-electron chi connectivity index (χ3n) is 3.66. The highest BCUT2D eigenvalue weighted by molar-refractivity contribution is 6.52. The number of pyridine rings is 1. The molecule has 0 saturated heterocycles. The molecule has 0 aliphatic rings. The van der Waals surface area contributed by atoms with Crippen molar-refractivity contribution in [2.75, 3.05) is 10.6 Å². The van der Waals surface area contributed by atoms with Gasteiger partial charge in [0.2, 0.25) is 0 Å². The van der Waals surface area contributed by atoms with E-state index in [1.807, 2.05) is 6.07 Å². The molecule has 9 heteroatoms. The van der Waals surface area contributed by atoms with Crippen molar-refractivity contribution >= 4 is 69.6 Å².